The van der Waals surface area contributed by atoms with E-state index in [-0.39, 0.29) is 11.6 Å². The Morgan fingerprint density at radius 1 is 1.29 bits per heavy atom. The maximum atomic E-state index is 12.1. The zero-order chi connectivity index (χ0) is 14.7. The first kappa shape index (κ1) is 13.9. The van der Waals surface area contributed by atoms with Crippen molar-refractivity contribution in [1.29, 1.82) is 0 Å². The molecule has 3 rings (SSSR count). The molecule has 1 aliphatic heterocycles. The zero-order valence-corrected chi connectivity index (χ0v) is 12.0. The Labute approximate surface area is 126 Å². The lowest BCUT2D eigenvalue weighted by Crippen LogP contribution is -2.35. The minimum absolute atomic E-state index is 0.233. The van der Waals surface area contributed by atoms with Gasteiger partial charge in [0.05, 0.1) is 13.2 Å². The van der Waals surface area contributed by atoms with Crippen LogP contribution in [0.3, 0.4) is 0 Å². The van der Waals surface area contributed by atoms with Crippen LogP contribution in [0.4, 0.5) is 11.6 Å². The third-order valence-electron chi connectivity index (χ3n) is 3.14. The van der Waals surface area contributed by atoms with Gasteiger partial charge < -0.3 is 19.5 Å². The van der Waals surface area contributed by atoms with Crippen LogP contribution in [-0.4, -0.2) is 37.4 Å². The first-order valence-corrected chi connectivity index (χ1v) is 6.96. The number of aromatic nitrogens is 1. The molecule has 0 bridgehead atoms. The number of carbonyl (C=O) groups is 1. The summed E-state index contributed by atoms with van der Waals surface area (Å²) < 4.78 is 10.5. The predicted octanol–water partition coefficient (Wildman–Crippen LogP) is 2.42. The van der Waals surface area contributed by atoms with Crippen LogP contribution in [-0.2, 0) is 4.74 Å². The second-order valence-corrected chi connectivity index (χ2v) is 5.05. The molecule has 6 nitrogen and oxygen atoms in total. The molecule has 1 amide bonds. The van der Waals surface area contributed by atoms with E-state index in [0.717, 1.165) is 13.1 Å². The largest absolute Gasteiger partial charge is 0.378 e. The number of hydrogen-bond donors (Lipinski definition) is 1. The Morgan fingerprint density at radius 2 is 2.10 bits per heavy atom. The summed E-state index contributed by atoms with van der Waals surface area (Å²) in [4.78, 5) is 14.1. The fourth-order valence-electron chi connectivity index (χ4n) is 2.07. The molecular weight excluding hydrogens is 294 g/mol. The molecule has 1 fully saturated rings. The van der Waals surface area contributed by atoms with Gasteiger partial charge in [-0.3, -0.25) is 4.79 Å². The molecule has 1 saturated heterocycles. The average Bonchev–Trinajstić information content (AvgIpc) is 2.98. The third-order valence-corrected chi connectivity index (χ3v) is 3.37. The van der Waals surface area contributed by atoms with Gasteiger partial charge in [0.2, 0.25) is 5.88 Å². The van der Waals surface area contributed by atoms with Gasteiger partial charge in [-0.05, 0) is 18.2 Å². The molecule has 2 aromatic rings. The number of anilines is 2. The highest BCUT2D eigenvalue weighted by Gasteiger charge is 2.19. The first-order chi connectivity index (χ1) is 10.2. The lowest BCUT2D eigenvalue weighted by molar-refractivity contribution is 0.101. The van der Waals surface area contributed by atoms with E-state index in [1.54, 1.807) is 30.3 Å². The molecule has 0 spiro atoms. The van der Waals surface area contributed by atoms with Crippen molar-refractivity contribution in [2.24, 2.45) is 0 Å². The molecule has 1 aromatic carbocycles. The monoisotopic (exact) mass is 307 g/mol. The quantitative estimate of drug-likeness (QED) is 0.943. The number of nitrogens with one attached hydrogen (secondary N) is 1. The fourth-order valence-corrected chi connectivity index (χ4v) is 2.26. The Morgan fingerprint density at radius 3 is 2.86 bits per heavy atom. The van der Waals surface area contributed by atoms with Crippen LogP contribution in [0.1, 0.15) is 10.5 Å². The Bertz CT molecular complexity index is 638. The van der Waals surface area contributed by atoms with E-state index < -0.39 is 0 Å². The number of ether oxygens (including phenoxy) is 1. The Hall–Kier alpha value is -2.05. The number of benzene rings is 1. The number of nitrogens with zero attached hydrogens (tertiary/aromatic N) is 2. The number of morpholine rings is 1. The molecule has 0 atom stereocenters. The molecule has 7 heteroatoms. The normalized spacial score (nSPS) is 15.0. The van der Waals surface area contributed by atoms with Gasteiger partial charge in [0.25, 0.3) is 5.91 Å². The number of amides is 1. The van der Waals surface area contributed by atoms with Crippen molar-refractivity contribution in [2.45, 2.75) is 0 Å². The van der Waals surface area contributed by atoms with Crippen LogP contribution in [0.2, 0.25) is 5.02 Å². The summed E-state index contributed by atoms with van der Waals surface area (Å²) in [6, 6.07) is 8.56. The molecule has 0 aliphatic carbocycles. The molecule has 110 valence electrons. The predicted molar refractivity (Wildman–Crippen MR) is 78.9 cm³/mol. The van der Waals surface area contributed by atoms with Crippen molar-refractivity contribution in [3.05, 3.63) is 41.0 Å². The highest BCUT2D eigenvalue weighted by Crippen LogP contribution is 2.19. The minimum Gasteiger partial charge on any atom is -0.378 e. The SMILES string of the molecule is O=C(Nc1cccc(Cl)c1)c1cc(N2CCOCC2)on1. The van der Waals surface area contributed by atoms with Gasteiger partial charge in [-0.25, -0.2) is 0 Å². The minimum atomic E-state index is -0.333. The van der Waals surface area contributed by atoms with Crippen LogP contribution in [0.25, 0.3) is 0 Å². The molecule has 0 radical (unpaired) electrons. The van der Waals surface area contributed by atoms with Crippen LogP contribution in [0, 0.1) is 0 Å². The zero-order valence-electron chi connectivity index (χ0n) is 11.2. The smallest absolute Gasteiger partial charge is 0.277 e. The average molecular weight is 308 g/mol. The maximum absolute atomic E-state index is 12.1. The second-order valence-electron chi connectivity index (χ2n) is 4.61. The van der Waals surface area contributed by atoms with E-state index in [1.165, 1.54) is 0 Å². The van der Waals surface area contributed by atoms with Gasteiger partial charge in [-0.1, -0.05) is 22.8 Å². The summed E-state index contributed by atoms with van der Waals surface area (Å²) in [6.45, 7) is 2.74. The highest BCUT2D eigenvalue weighted by atomic mass is 35.5. The van der Waals surface area contributed by atoms with Crippen LogP contribution in [0.5, 0.6) is 0 Å². The molecule has 21 heavy (non-hydrogen) atoms. The van der Waals surface area contributed by atoms with Gasteiger partial charge in [0.1, 0.15) is 0 Å². The topological polar surface area (TPSA) is 67.6 Å². The van der Waals surface area contributed by atoms with Gasteiger partial charge >= 0.3 is 0 Å². The number of halogens is 1. The summed E-state index contributed by atoms with van der Waals surface area (Å²) in [5.74, 6) is 0.245. The van der Waals surface area contributed by atoms with Crippen molar-refractivity contribution in [3.8, 4) is 0 Å². The molecular formula is C14H14ClN3O3. The second kappa shape index (κ2) is 6.15. The molecule has 2 heterocycles. The lowest BCUT2D eigenvalue weighted by atomic mass is 10.3. The van der Waals surface area contributed by atoms with Crippen molar-refractivity contribution in [2.75, 3.05) is 36.5 Å². The third kappa shape index (κ3) is 3.34. The first-order valence-electron chi connectivity index (χ1n) is 6.59. The van der Waals surface area contributed by atoms with Crippen molar-refractivity contribution in [1.82, 2.24) is 5.16 Å². The van der Waals surface area contributed by atoms with Crippen molar-refractivity contribution < 1.29 is 14.1 Å². The summed E-state index contributed by atoms with van der Waals surface area (Å²) >= 11 is 5.88. The molecule has 0 unspecified atom stereocenters. The van der Waals surface area contributed by atoms with Crippen LogP contribution < -0.4 is 10.2 Å². The van der Waals surface area contributed by atoms with Gasteiger partial charge in [0, 0.05) is 29.9 Å². The standard InChI is InChI=1S/C14H14ClN3O3/c15-10-2-1-3-11(8-10)16-14(19)12-9-13(21-17-12)18-4-6-20-7-5-18/h1-3,8-9H,4-7H2,(H,16,19). The van der Waals surface area contributed by atoms with E-state index in [4.69, 9.17) is 20.9 Å². The van der Waals surface area contributed by atoms with Crippen LogP contribution >= 0.6 is 11.6 Å². The molecule has 0 saturated carbocycles. The summed E-state index contributed by atoms with van der Waals surface area (Å²) in [5.41, 5.74) is 0.847. The summed E-state index contributed by atoms with van der Waals surface area (Å²) in [7, 11) is 0. The van der Waals surface area contributed by atoms with Gasteiger partial charge in [-0.2, -0.15) is 0 Å². The lowest BCUT2D eigenvalue weighted by Gasteiger charge is -2.25. The fraction of sp³-hybridized carbons (Fsp3) is 0.286. The molecule has 1 aliphatic rings. The van der Waals surface area contributed by atoms with Gasteiger partial charge in [-0.15, -0.1) is 0 Å². The maximum Gasteiger partial charge on any atom is 0.277 e. The number of hydrogen-bond acceptors (Lipinski definition) is 5. The van der Waals surface area contributed by atoms with E-state index in [2.05, 4.69) is 10.5 Å². The van der Waals surface area contributed by atoms with Gasteiger partial charge in [0.15, 0.2) is 5.69 Å². The summed E-state index contributed by atoms with van der Waals surface area (Å²) in [5, 5.41) is 7.09. The van der Waals surface area contributed by atoms with E-state index in [0.29, 0.717) is 29.8 Å². The summed E-state index contributed by atoms with van der Waals surface area (Å²) in [6.07, 6.45) is 0. The molecule has 1 aromatic heterocycles. The molecule has 1 N–H and O–H groups in total. The highest BCUT2D eigenvalue weighted by molar-refractivity contribution is 6.30. The number of rotatable bonds is 3. The van der Waals surface area contributed by atoms with Crippen molar-refractivity contribution >= 4 is 29.1 Å². The Kier molecular flexibility index (Phi) is 4.08. The number of carbonyl (C=O) groups excluding carboxylic acids is 1. The van der Waals surface area contributed by atoms with E-state index in [9.17, 15) is 4.79 Å². The van der Waals surface area contributed by atoms with E-state index >= 15 is 0 Å². The Balaban J connectivity index is 1.69. The van der Waals surface area contributed by atoms with E-state index in [1.807, 2.05) is 4.90 Å². The van der Waals surface area contributed by atoms with Crippen LogP contribution in [0.15, 0.2) is 34.9 Å². The van der Waals surface area contributed by atoms with Crippen molar-refractivity contribution in [3.63, 3.8) is 0 Å².